The lowest BCUT2D eigenvalue weighted by atomic mass is 9.97. The highest BCUT2D eigenvalue weighted by Gasteiger charge is 2.28. The van der Waals surface area contributed by atoms with Gasteiger partial charge < -0.3 is 14.2 Å². The number of amides is 1. The van der Waals surface area contributed by atoms with Crippen molar-refractivity contribution in [1.29, 1.82) is 0 Å². The Morgan fingerprint density at radius 2 is 2.27 bits per heavy atom. The Hall–Kier alpha value is -2.18. The van der Waals surface area contributed by atoms with E-state index in [-0.39, 0.29) is 11.8 Å². The van der Waals surface area contributed by atoms with Crippen LogP contribution >= 0.6 is 11.3 Å². The first-order chi connectivity index (χ1) is 12.8. The lowest BCUT2D eigenvalue weighted by molar-refractivity contribution is 0.0707. The lowest BCUT2D eigenvalue weighted by Crippen LogP contribution is -2.39. The van der Waals surface area contributed by atoms with Gasteiger partial charge in [0.2, 0.25) is 0 Å². The molecule has 1 atom stereocenters. The molecule has 0 saturated carbocycles. The van der Waals surface area contributed by atoms with Gasteiger partial charge in [0.15, 0.2) is 0 Å². The molecule has 136 valence electrons. The lowest BCUT2D eigenvalue weighted by Gasteiger charge is -2.32. The van der Waals surface area contributed by atoms with Crippen molar-refractivity contribution in [2.45, 2.75) is 25.3 Å². The third-order valence-electron chi connectivity index (χ3n) is 4.99. The summed E-state index contributed by atoms with van der Waals surface area (Å²) >= 11 is 1.58. The standard InChI is InChI=1S/C20H23N3O2S/c1-25-12-11-22-10-8-21-19(22)16-6-4-9-23(14-16)20(24)18-13-15-5-2-3-7-17(15)26-18/h2-3,5,7-8,10,13,16H,4,6,9,11-12,14H2,1H3. The van der Waals surface area contributed by atoms with Gasteiger partial charge in [-0.05, 0) is 30.4 Å². The zero-order valence-corrected chi connectivity index (χ0v) is 15.7. The maximum atomic E-state index is 13.0. The smallest absolute Gasteiger partial charge is 0.263 e. The van der Waals surface area contributed by atoms with E-state index in [1.54, 1.807) is 18.4 Å². The van der Waals surface area contributed by atoms with Crippen LogP contribution in [0.4, 0.5) is 0 Å². The summed E-state index contributed by atoms with van der Waals surface area (Å²) in [6, 6.07) is 10.2. The van der Waals surface area contributed by atoms with E-state index in [0.717, 1.165) is 48.6 Å². The first-order valence-corrected chi connectivity index (χ1v) is 9.85. The van der Waals surface area contributed by atoms with Crippen molar-refractivity contribution in [2.75, 3.05) is 26.8 Å². The monoisotopic (exact) mass is 369 g/mol. The molecule has 1 fully saturated rings. The van der Waals surface area contributed by atoms with Crippen molar-refractivity contribution >= 4 is 27.3 Å². The van der Waals surface area contributed by atoms with Gasteiger partial charge in [-0.1, -0.05) is 18.2 Å². The van der Waals surface area contributed by atoms with Crippen LogP contribution in [0.1, 0.15) is 34.3 Å². The fourth-order valence-electron chi connectivity index (χ4n) is 3.67. The zero-order chi connectivity index (χ0) is 17.9. The molecule has 3 aromatic rings. The molecule has 0 radical (unpaired) electrons. The van der Waals surface area contributed by atoms with Crippen molar-refractivity contribution in [3.05, 3.63) is 53.4 Å². The minimum Gasteiger partial charge on any atom is -0.383 e. The van der Waals surface area contributed by atoms with Crippen LogP contribution in [0.25, 0.3) is 10.1 Å². The van der Waals surface area contributed by atoms with E-state index in [2.05, 4.69) is 21.7 Å². The molecule has 26 heavy (non-hydrogen) atoms. The normalized spacial score (nSPS) is 17.7. The van der Waals surface area contributed by atoms with Gasteiger partial charge in [-0.2, -0.15) is 0 Å². The molecule has 1 unspecified atom stereocenters. The Morgan fingerprint density at radius 3 is 3.12 bits per heavy atom. The summed E-state index contributed by atoms with van der Waals surface area (Å²) in [4.78, 5) is 20.4. The van der Waals surface area contributed by atoms with Crippen LogP contribution in [0.2, 0.25) is 0 Å². The van der Waals surface area contributed by atoms with Crippen molar-refractivity contribution in [3.8, 4) is 0 Å². The number of methoxy groups -OCH3 is 1. The van der Waals surface area contributed by atoms with Crippen LogP contribution in [-0.4, -0.2) is 47.2 Å². The summed E-state index contributed by atoms with van der Waals surface area (Å²) < 4.78 is 8.51. The number of thiophene rings is 1. The van der Waals surface area contributed by atoms with Gasteiger partial charge in [0, 0.05) is 49.8 Å². The van der Waals surface area contributed by atoms with Gasteiger partial charge in [-0.25, -0.2) is 4.98 Å². The Kier molecular flexibility index (Phi) is 5.04. The Balaban J connectivity index is 1.51. The molecule has 3 heterocycles. The molecule has 0 bridgehead atoms. The van der Waals surface area contributed by atoms with E-state index in [9.17, 15) is 4.79 Å². The number of piperidine rings is 1. The van der Waals surface area contributed by atoms with Gasteiger partial charge in [0.25, 0.3) is 5.91 Å². The number of likely N-dealkylation sites (tertiary alicyclic amines) is 1. The van der Waals surface area contributed by atoms with E-state index in [4.69, 9.17) is 4.74 Å². The van der Waals surface area contributed by atoms with Gasteiger partial charge >= 0.3 is 0 Å². The summed E-state index contributed by atoms with van der Waals surface area (Å²) in [6.45, 7) is 3.02. The maximum Gasteiger partial charge on any atom is 0.263 e. The number of carbonyl (C=O) groups excluding carboxylic acids is 1. The third-order valence-corrected chi connectivity index (χ3v) is 6.10. The van der Waals surface area contributed by atoms with Crippen LogP contribution in [-0.2, 0) is 11.3 Å². The average molecular weight is 369 g/mol. The molecule has 0 spiro atoms. The number of imidazole rings is 1. The van der Waals surface area contributed by atoms with Crippen LogP contribution in [0, 0.1) is 0 Å². The van der Waals surface area contributed by atoms with Crippen molar-refractivity contribution in [1.82, 2.24) is 14.5 Å². The predicted molar refractivity (Wildman–Crippen MR) is 104 cm³/mol. The summed E-state index contributed by atoms with van der Waals surface area (Å²) in [5.74, 6) is 1.50. The highest BCUT2D eigenvalue weighted by atomic mass is 32.1. The molecule has 0 N–H and O–H groups in total. The van der Waals surface area contributed by atoms with E-state index in [0.29, 0.717) is 6.61 Å². The average Bonchev–Trinajstić information content (AvgIpc) is 3.32. The number of rotatable bonds is 5. The Morgan fingerprint density at radius 1 is 1.38 bits per heavy atom. The highest BCUT2D eigenvalue weighted by Crippen LogP contribution is 2.30. The first-order valence-electron chi connectivity index (χ1n) is 9.04. The molecule has 5 nitrogen and oxygen atoms in total. The fourth-order valence-corrected chi connectivity index (χ4v) is 4.71. The number of aromatic nitrogens is 2. The molecule has 6 heteroatoms. The largest absolute Gasteiger partial charge is 0.383 e. The molecular weight excluding hydrogens is 346 g/mol. The van der Waals surface area contributed by atoms with Crippen LogP contribution in [0.5, 0.6) is 0 Å². The third kappa shape index (κ3) is 3.39. The van der Waals surface area contributed by atoms with Gasteiger partial charge in [0.05, 0.1) is 11.5 Å². The minimum atomic E-state index is 0.144. The summed E-state index contributed by atoms with van der Waals surface area (Å²) in [7, 11) is 1.71. The van der Waals surface area contributed by atoms with Gasteiger partial charge in [-0.15, -0.1) is 11.3 Å². The van der Waals surface area contributed by atoms with E-state index < -0.39 is 0 Å². The number of benzene rings is 1. The first kappa shape index (κ1) is 17.2. The quantitative estimate of drug-likeness (QED) is 0.688. The second kappa shape index (κ2) is 7.60. The number of carbonyl (C=O) groups is 1. The van der Waals surface area contributed by atoms with Crippen molar-refractivity contribution in [2.24, 2.45) is 0 Å². The summed E-state index contributed by atoms with van der Waals surface area (Å²) in [6.07, 6.45) is 5.93. The van der Waals surface area contributed by atoms with Crippen LogP contribution in [0.3, 0.4) is 0 Å². The zero-order valence-electron chi connectivity index (χ0n) is 14.9. The molecule has 1 aliphatic rings. The van der Waals surface area contributed by atoms with E-state index >= 15 is 0 Å². The fraction of sp³-hybridized carbons (Fsp3) is 0.400. The predicted octanol–water partition coefficient (Wildman–Crippen LogP) is 3.76. The molecular formula is C20H23N3O2S. The van der Waals surface area contributed by atoms with Crippen LogP contribution in [0.15, 0.2) is 42.7 Å². The Bertz CT molecular complexity index is 868. The topological polar surface area (TPSA) is 47.4 Å². The minimum absolute atomic E-state index is 0.144. The highest BCUT2D eigenvalue weighted by molar-refractivity contribution is 7.20. The Labute approximate surface area is 157 Å². The van der Waals surface area contributed by atoms with E-state index in [1.165, 1.54) is 4.70 Å². The molecule has 1 aliphatic heterocycles. The molecule has 2 aromatic heterocycles. The number of nitrogens with zero attached hydrogens (tertiary/aromatic N) is 3. The summed E-state index contributed by atoms with van der Waals surface area (Å²) in [5, 5.41) is 1.14. The summed E-state index contributed by atoms with van der Waals surface area (Å²) in [5.41, 5.74) is 0. The second-order valence-electron chi connectivity index (χ2n) is 6.71. The van der Waals surface area contributed by atoms with Crippen LogP contribution < -0.4 is 0 Å². The maximum absolute atomic E-state index is 13.0. The molecule has 1 aromatic carbocycles. The SMILES string of the molecule is COCCn1ccnc1C1CCCN(C(=O)c2cc3ccccc3s2)C1. The van der Waals surface area contributed by atoms with Crippen molar-refractivity contribution in [3.63, 3.8) is 0 Å². The van der Waals surface area contributed by atoms with Gasteiger partial charge in [0.1, 0.15) is 5.82 Å². The molecule has 0 aliphatic carbocycles. The number of hydrogen-bond donors (Lipinski definition) is 0. The molecule has 4 rings (SSSR count). The number of ether oxygens (including phenoxy) is 1. The second-order valence-corrected chi connectivity index (χ2v) is 7.79. The molecule has 1 amide bonds. The number of fused-ring (bicyclic) bond motifs is 1. The molecule has 1 saturated heterocycles. The van der Waals surface area contributed by atoms with E-state index in [1.807, 2.05) is 35.5 Å². The van der Waals surface area contributed by atoms with Gasteiger partial charge in [-0.3, -0.25) is 4.79 Å². The van der Waals surface area contributed by atoms with Crippen molar-refractivity contribution < 1.29 is 9.53 Å². The number of hydrogen-bond acceptors (Lipinski definition) is 4.